The molecule has 3 nitrogen and oxygen atoms in total. The molecule has 0 aromatic carbocycles. The Kier molecular flexibility index (Phi) is 4.85. The minimum absolute atomic E-state index is 0. The van der Waals surface area contributed by atoms with Crippen molar-refractivity contribution in [1.29, 1.82) is 0 Å². The van der Waals surface area contributed by atoms with Gasteiger partial charge in [-0.3, -0.25) is 4.79 Å². The number of likely N-dealkylation sites (tertiary alicyclic amines) is 1. The van der Waals surface area contributed by atoms with Crippen LogP contribution in [0.2, 0.25) is 0 Å². The van der Waals surface area contributed by atoms with Gasteiger partial charge in [0.2, 0.25) is 5.91 Å². The molecule has 4 heteroatoms. The van der Waals surface area contributed by atoms with Gasteiger partial charge in [-0.15, -0.1) is 12.4 Å². The van der Waals surface area contributed by atoms with Crippen LogP contribution in [0.4, 0.5) is 0 Å². The smallest absolute Gasteiger partial charge is 0.226 e. The predicted molar refractivity (Wildman–Crippen MR) is 72.4 cm³/mol. The SMILES string of the molecule is CC1CN(C(=O)C2CCNCC2)C(C)(C)C1.Cl. The summed E-state index contributed by atoms with van der Waals surface area (Å²) in [5.41, 5.74) is 0.0708. The zero-order valence-electron chi connectivity index (χ0n) is 11.2. The van der Waals surface area contributed by atoms with Crippen LogP contribution in [0.1, 0.15) is 40.0 Å². The standard InChI is InChI=1S/C13H24N2O.ClH/c1-10-8-13(2,3)15(9-10)12(16)11-4-6-14-7-5-11;/h10-11,14H,4-9H2,1-3H3;1H. The van der Waals surface area contributed by atoms with Crippen molar-refractivity contribution in [2.24, 2.45) is 11.8 Å². The van der Waals surface area contributed by atoms with Gasteiger partial charge in [0.15, 0.2) is 0 Å². The zero-order valence-corrected chi connectivity index (χ0v) is 12.0. The van der Waals surface area contributed by atoms with E-state index in [1.807, 2.05) is 0 Å². The maximum Gasteiger partial charge on any atom is 0.226 e. The molecule has 1 unspecified atom stereocenters. The average molecular weight is 261 g/mol. The van der Waals surface area contributed by atoms with Gasteiger partial charge < -0.3 is 10.2 Å². The molecule has 0 saturated carbocycles. The summed E-state index contributed by atoms with van der Waals surface area (Å²) in [5.74, 6) is 1.32. The first-order valence-electron chi connectivity index (χ1n) is 6.53. The van der Waals surface area contributed by atoms with E-state index in [-0.39, 0.29) is 23.9 Å². The lowest BCUT2D eigenvalue weighted by atomic mass is 9.93. The number of hydrogen-bond donors (Lipinski definition) is 1. The zero-order chi connectivity index (χ0) is 11.8. The molecular formula is C13H25ClN2O. The highest BCUT2D eigenvalue weighted by atomic mass is 35.5. The molecular weight excluding hydrogens is 236 g/mol. The number of amides is 1. The van der Waals surface area contributed by atoms with Gasteiger partial charge in [-0.2, -0.15) is 0 Å². The van der Waals surface area contributed by atoms with Crippen LogP contribution >= 0.6 is 12.4 Å². The van der Waals surface area contributed by atoms with Crippen LogP contribution < -0.4 is 5.32 Å². The first-order chi connectivity index (χ1) is 7.50. The Balaban J connectivity index is 0.00000144. The number of nitrogens with zero attached hydrogens (tertiary/aromatic N) is 1. The van der Waals surface area contributed by atoms with E-state index in [2.05, 4.69) is 31.0 Å². The lowest BCUT2D eigenvalue weighted by Gasteiger charge is -2.35. The van der Waals surface area contributed by atoms with Crippen molar-refractivity contribution in [2.75, 3.05) is 19.6 Å². The summed E-state index contributed by atoms with van der Waals surface area (Å²) in [6.45, 7) is 9.61. The Bertz CT molecular complexity index is 275. The van der Waals surface area contributed by atoms with Crippen LogP contribution in [0, 0.1) is 11.8 Å². The quantitative estimate of drug-likeness (QED) is 0.783. The molecule has 0 spiro atoms. The van der Waals surface area contributed by atoms with Gasteiger partial charge in [0.25, 0.3) is 0 Å². The third kappa shape index (κ3) is 3.14. The number of carbonyl (C=O) groups is 1. The molecule has 17 heavy (non-hydrogen) atoms. The number of nitrogens with one attached hydrogen (secondary N) is 1. The topological polar surface area (TPSA) is 32.3 Å². The van der Waals surface area contributed by atoms with Crippen molar-refractivity contribution in [1.82, 2.24) is 10.2 Å². The van der Waals surface area contributed by atoms with E-state index < -0.39 is 0 Å². The predicted octanol–water partition coefficient (Wildman–Crippen LogP) is 2.05. The molecule has 2 fully saturated rings. The van der Waals surface area contributed by atoms with Gasteiger partial charge in [-0.1, -0.05) is 6.92 Å². The van der Waals surface area contributed by atoms with Crippen molar-refractivity contribution in [3.63, 3.8) is 0 Å². The molecule has 2 saturated heterocycles. The Hall–Kier alpha value is -0.280. The van der Waals surface area contributed by atoms with E-state index in [4.69, 9.17) is 0 Å². The fourth-order valence-corrected chi connectivity index (χ4v) is 3.26. The molecule has 1 amide bonds. The van der Waals surface area contributed by atoms with E-state index in [9.17, 15) is 4.79 Å². The monoisotopic (exact) mass is 260 g/mol. The first kappa shape index (κ1) is 14.8. The van der Waals surface area contributed by atoms with Gasteiger partial charge in [0.05, 0.1) is 0 Å². The summed E-state index contributed by atoms with van der Waals surface area (Å²) >= 11 is 0. The molecule has 100 valence electrons. The van der Waals surface area contributed by atoms with Gasteiger partial charge in [0.1, 0.15) is 0 Å². The van der Waals surface area contributed by atoms with Crippen molar-refractivity contribution >= 4 is 18.3 Å². The summed E-state index contributed by atoms with van der Waals surface area (Å²) < 4.78 is 0. The summed E-state index contributed by atoms with van der Waals surface area (Å²) in [5, 5.41) is 3.32. The third-order valence-electron chi connectivity index (χ3n) is 4.03. The lowest BCUT2D eigenvalue weighted by Crippen LogP contribution is -2.47. The van der Waals surface area contributed by atoms with Gasteiger partial charge in [-0.25, -0.2) is 0 Å². The number of piperidine rings is 1. The normalized spacial score (nSPS) is 28.9. The molecule has 1 N–H and O–H groups in total. The van der Waals surface area contributed by atoms with Crippen LogP contribution in [0.5, 0.6) is 0 Å². The van der Waals surface area contributed by atoms with E-state index in [0.29, 0.717) is 11.8 Å². The Labute approximate surface area is 111 Å². The summed E-state index contributed by atoms with van der Waals surface area (Å²) in [4.78, 5) is 14.6. The lowest BCUT2D eigenvalue weighted by molar-refractivity contribution is -0.139. The number of halogens is 1. The largest absolute Gasteiger partial charge is 0.337 e. The Morgan fingerprint density at radius 3 is 2.35 bits per heavy atom. The van der Waals surface area contributed by atoms with Gasteiger partial charge >= 0.3 is 0 Å². The van der Waals surface area contributed by atoms with E-state index >= 15 is 0 Å². The van der Waals surface area contributed by atoms with Gasteiger partial charge in [0, 0.05) is 18.0 Å². The molecule has 0 radical (unpaired) electrons. The fourth-order valence-electron chi connectivity index (χ4n) is 3.26. The molecule has 0 aliphatic carbocycles. The van der Waals surface area contributed by atoms with E-state index in [1.165, 1.54) is 0 Å². The van der Waals surface area contributed by atoms with Crippen molar-refractivity contribution in [2.45, 2.75) is 45.6 Å². The molecule has 2 aliphatic rings. The second-order valence-electron chi connectivity index (χ2n) is 6.09. The first-order valence-corrected chi connectivity index (χ1v) is 6.53. The highest BCUT2D eigenvalue weighted by Crippen LogP contribution is 2.34. The maximum absolute atomic E-state index is 12.5. The van der Waals surface area contributed by atoms with Crippen molar-refractivity contribution in [3.8, 4) is 0 Å². The second-order valence-corrected chi connectivity index (χ2v) is 6.09. The minimum atomic E-state index is 0. The highest BCUT2D eigenvalue weighted by molar-refractivity contribution is 5.85. The molecule has 2 aliphatic heterocycles. The molecule has 1 atom stereocenters. The molecule has 0 aromatic heterocycles. The molecule has 2 heterocycles. The number of rotatable bonds is 1. The van der Waals surface area contributed by atoms with Crippen LogP contribution in [0.25, 0.3) is 0 Å². The van der Waals surface area contributed by atoms with Crippen molar-refractivity contribution in [3.05, 3.63) is 0 Å². The van der Waals surface area contributed by atoms with Crippen LogP contribution in [0.3, 0.4) is 0 Å². The number of carbonyl (C=O) groups excluding carboxylic acids is 1. The van der Waals surface area contributed by atoms with Crippen LogP contribution in [-0.4, -0.2) is 36.0 Å². The maximum atomic E-state index is 12.5. The Morgan fingerprint density at radius 2 is 1.88 bits per heavy atom. The van der Waals surface area contributed by atoms with Crippen LogP contribution in [-0.2, 0) is 4.79 Å². The second kappa shape index (κ2) is 5.57. The van der Waals surface area contributed by atoms with Crippen molar-refractivity contribution < 1.29 is 4.79 Å². The Morgan fingerprint density at radius 1 is 1.29 bits per heavy atom. The highest BCUT2D eigenvalue weighted by Gasteiger charge is 2.41. The third-order valence-corrected chi connectivity index (χ3v) is 4.03. The van der Waals surface area contributed by atoms with E-state index in [0.717, 1.165) is 38.9 Å². The molecule has 0 bridgehead atoms. The van der Waals surface area contributed by atoms with E-state index in [1.54, 1.807) is 0 Å². The minimum Gasteiger partial charge on any atom is -0.337 e. The average Bonchev–Trinajstić information content (AvgIpc) is 2.52. The summed E-state index contributed by atoms with van der Waals surface area (Å²) in [6, 6.07) is 0. The van der Waals surface area contributed by atoms with Crippen LogP contribution in [0.15, 0.2) is 0 Å². The molecule has 2 rings (SSSR count). The summed E-state index contributed by atoms with van der Waals surface area (Å²) in [6.07, 6.45) is 3.17. The fraction of sp³-hybridized carbons (Fsp3) is 0.923. The molecule has 0 aromatic rings. The number of hydrogen-bond acceptors (Lipinski definition) is 2. The summed E-state index contributed by atoms with van der Waals surface area (Å²) in [7, 11) is 0. The van der Waals surface area contributed by atoms with Gasteiger partial charge in [-0.05, 0) is 52.1 Å².